The summed E-state index contributed by atoms with van der Waals surface area (Å²) < 4.78 is 16.4. The standard InChI is InChI=1S/C30H37N5O2/c1-21(22-7-8-22)37-20-32-24-11-9-23(10-12-24)30-29(31)27-14-13-26(19-28(27)35(30)25-5-2-6-25)36-18-4-17-34-16-3-15-33-34/h3,9-16,19,21-22,25,32H,2,4-8,17-18,20,31H2,1H3. The molecular formula is C30H37N5O2. The summed E-state index contributed by atoms with van der Waals surface area (Å²) in [5, 5.41) is 8.75. The molecule has 0 aliphatic heterocycles. The molecule has 2 fully saturated rings. The Hall–Kier alpha value is -3.45. The first kappa shape index (κ1) is 23.9. The zero-order valence-electron chi connectivity index (χ0n) is 21.6. The zero-order chi connectivity index (χ0) is 25.2. The van der Waals surface area contributed by atoms with Crippen LogP contribution in [-0.2, 0) is 11.3 Å². The molecule has 7 nitrogen and oxygen atoms in total. The van der Waals surface area contributed by atoms with Crippen molar-refractivity contribution in [1.29, 1.82) is 0 Å². The molecule has 0 amide bonds. The highest BCUT2D eigenvalue weighted by Crippen LogP contribution is 2.45. The lowest BCUT2D eigenvalue weighted by molar-refractivity contribution is 0.0645. The number of nitrogens with two attached hydrogens (primary N) is 1. The van der Waals surface area contributed by atoms with Crippen LogP contribution in [0.2, 0.25) is 0 Å². The van der Waals surface area contributed by atoms with Crippen LogP contribution in [0.1, 0.15) is 51.5 Å². The molecule has 1 unspecified atom stereocenters. The number of nitrogens with zero attached hydrogens (tertiary/aromatic N) is 3. The SMILES string of the molecule is CC(OCNc1ccc(-c2c(N)c3ccc(OCCCn4cccn4)cc3n2C2CCC2)cc1)C1CC1. The fourth-order valence-electron chi connectivity index (χ4n) is 5.28. The molecule has 37 heavy (non-hydrogen) atoms. The van der Waals surface area contributed by atoms with E-state index in [4.69, 9.17) is 15.2 Å². The first-order valence-corrected chi connectivity index (χ1v) is 13.7. The van der Waals surface area contributed by atoms with Crippen molar-refractivity contribution in [2.45, 2.75) is 64.1 Å². The Morgan fingerprint density at radius 2 is 1.95 bits per heavy atom. The minimum atomic E-state index is 0.329. The largest absolute Gasteiger partial charge is 0.493 e. The van der Waals surface area contributed by atoms with E-state index in [9.17, 15) is 0 Å². The molecule has 0 radical (unpaired) electrons. The molecule has 2 saturated carbocycles. The van der Waals surface area contributed by atoms with Gasteiger partial charge in [-0.2, -0.15) is 5.10 Å². The van der Waals surface area contributed by atoms with Crippen LogP contribution in [0.5, 0.6) is 5.75 Å². The summed E-state index contributed by atoms with van der Waals surface area (Å²) in [4.78, 5) is 0. The third-order valence-corrected chi connectivity index (χ3v) is 7.88. The summed E-state index contributed by atoms with van der Waals surface area (Å²) in [6.45, 7) is 4.20. The van der Waals surface area contributed by atoms with Crippen LogP contribution in [0.15, 0.2) is 60.9 Å². The van der Waals surface area contributed by atoms with Gasteiger partial charge in [-0.3, -0.25) is 4.68 Å². The van der Waals surface area contributed by atoms with Gasteiger partial charge in [0.15, 0.2) is 0 Å². The van der Waals surface area contributed by atoms with E-state index in [-0.39, 0.29) is 0 Å². The number of ether oxygens (including phenoxy) is 2. The molecule has 2 aliphatic carbocycles. The molecular weight excluding hydrogens is 462 g/mol. The predicted molar refractivity (Wildman–Crippen MR) is 149 cm³/mol. The van der Waals surface area contributed by atoms with E-state index >= 15 is 0 Å². The number of benzene rings is 2. The number of aromatic nitrogens is 3. The van der Waals surface area contributed by atoms with Gasteiger partial charge < -0.3 is 25.1 Å². The van der Waals surface area contributed by atoms with Crippen LogP contribution in [0.3, 0.4) is 0 Å². The summed E-state index contributed by atoms with van der Waals surface area (Å²) in [6.07, 6.45) is 11.2. The van der Waals surface area contributed by atoms with Gasteiger partial charge in [0.2, 0.25) is 0 Å². The van der Waals surface area contributed by atoms with Crippen LogP contribution in [0.4, 0.5) is 11.4 Å². The van der Waals surface area contributed by atoms with Gasteiger partial charge in [0.05, 0.1) is 29.6 Å². The number of nitrogen functional groups attached to an aromatic ring is 1. The first-order valence-electron chi connectivity index (χ1n) is 13.7. The van der Waals surface area contributed by atoms with Crippen LogP contribution < -0.4 is 15.8 Å². The molecule has 0 bridgehead atoms. The molecule has 194 valence electrons. The minimum absolute atomic E-state index is 0.329. The number of hydrogen-bond donors (Lipinski definition) is 2. The van der Waals surface area contributed by atoms with Gasteiger partial charge in [-0.25, -0.2) is 0 Å². The average Bonchev–Trinajstić information content (AvgIpc) is 3.54. The van der Waals surface area contributed by atoms with E-state index < -0.39 is 0 Å². The zero-order valence-corrected chi connectivity index (χ0v) is 21.6. The second-order valence-electron chi connectivity index (χ2n) is 10.5. The lowest BCUT2D eigenvalue weighted by Crippen LogP contribution is -2.18. The van der Waals surface area contributed by atoms with Crippen LogP contribution in [-0.4, -0.2) is 33.8 Å². The van der Waals surface area contributed by atoms with E-state index in [1.807, 2.05) is 23.0 Å². The Balaban J connectivity index is 1.19. The van der Waals surface area contributed by atoms with Crippen LogP contribution in [0, 0.1) is 5.92 Å². The predicted octanol–water partition coefficient (Wildman–Crippen LogP) is 6.47. The molecule has 1 atom stereocenters. The van der Waals surface area contributed by atoms with E-state index in [0.29, 0.717) is 25.5 Å². The summed E-state index contributed by atoms with van der Waals surface area (Å²) in [7, 11) is 0. The maximum atomic E-state index is 6.79. The molecule has 2 aliphatic rings. The summed E-state index contributed by atoms with van der Waals surface area (Å²) in [6, 6.07) is 17.3. The van der Waals surface area contributed by atoms with E-state index in [1.54, 1.807) is 6.20 Å². The van der Waals surface area contributed by atoms with Gasteiger partial charge in [-0.05, 0) is 75.3 Å². The molecule has 2 aromatic carbocycles. The van der Waals surface area contributed by atoms with Gasteiger partial charge in [0, 0.05) is 54.1 Å². The van der Waals surface area contributed by atoms with Crippen molar-refractivity contribution in [3.63, 3.8) is 0 Å². The number of rotatable bonds is 12. The third-order valence-electron chi connectivity index (χ3n) is 7.88. The highest BCUT2D eigenvalue weighted by atomic mass is 16.5. The van der Waals surface area contributed by atoms with Gasteiger partial charge in [0.1, 0.15) is 12.5 Å². The Labute approximate surface area is 218 Å². The monoisotopic (exact) mass is 499 g/mol. The maximum Gasteiger partial charge on any atom is 0.121 e. The van der Waals surface area contributed by atoms with Crippen molar-refractivity contribution in [2.75, 3.05) is 24.4 Å². The number of anilines is 2. The number of nitrogens with one attached hydrogen (secondary N) is 1. The van der Waals surface area contributed by atoms with Gasteiger partial charge >= 0.3 is 0 Å². The summed E-state index contributed by atoms with van der Waals surface area (Å²) in [5.74, 6) is 1.63. The Kier molecular flexibility index (Phi) is 6.79. The van der Waals surface area contributed by atoms with Crippen molar-refractivity contribution in [3.05, 3.63) is 60.9 Å². The van der Waals surface area contributed by atoms with E-state index in [2.05, 4.69) is 58.3 Å². The lowest BCUT2D eigenvalue weighted by atomic mass is 9.92. The van der Waals surface area contributed by atoms with Crippen molar-refractivity contribution >= 4 is 22.3 Å². The molecule has 4 aromatic rings. The van der Waals surface area contributed by atoms with Crippen molar-refractivity contribution in [2.24, 2.45) is 5.92 Å². The molecule has 6 rings (SSSR count). The van der Waals surface area contributed by atoms with Crippen LogP contribution >= 0.6 is 0 Å². The Morgan fingerprint density at radius 3 is 2.65 bits per heavy atom. The normalized spacial score (nSPS) is 16.6. The smallest absolute Gasteiger partial charge is 0.121 e. The quantitative estimate of drug-likeness (QED) is 0.173. The summed E-state index contributed by atoms with van der Waals surface area (Å²) in [5.41, 5.74) is 12.1. The number of aryl methyl sites for hydroxylation is 1. The van der Waals surface area contributed by atoms with Crippen LogP contribution in [0.25, 0.3) is 22.2 Å². The second-order valence-corrected chi connectivity index (χ2v) is 10.5. The fraction of sp³-hybridized carbons (Fsp3) is 0.433. The van der Waals surface area contributed by atoms with E-state index in [1.165, 1.54) is 32.1 Å². The topological polar surface area (TPSA) is 79.3 Å². The molecule has 2 aromatic heterocycles. The van der Waals surface area contributed by atoms with Gasteiger partial charge in [0.25, 0.3) is 0 Å². The average molecular weight is 500 g/mol. The van der Waals surface area contributed by atoms with Crippen molar-refractivity contribution in [1.82, 2.24) is 14.3 Å². The lowest BCUT2D eigenvalue weighted by Gasteiger charge is -2.30. The van der Waals surface area contributed by atoms with Gasteiger partial charge in [-0.1, -0.05) is 12.1 Å². The van der Waals surface area contributed by atoms with E-state index in [0.717, 1.165) is 58.2 Å². The highest BCUT2D eigenvalue weighted by Gasteiger charge is 2.29. The number of fused-ring (bicyclic) bond motifs is 1. The molecule has 0 spiro atoms. The number of hydrogen-bond acceptors (Lipinski definition) is 5. The maximum absolute atomic E-state index is 6.79. The Morgan fingerprint density at radius 1 is 1.11 bits per heavy atom. The Bertz CT molecular complexity index is 1320. The highest BCUT2D eigenvalue weighted by molar-refractivity contribution is 6.01. The molecule has 2 heterocycles. The third kappa shape index (κ3) is 5.18. The molecule has 3 N–H and O–H groups in total. The second kappa shape index (κ2) is 10.5. The van der Waals surface area contributed by atoms with Crippen molar-refractivity contribution in [3.8, 4) is 17.0 Å². The van der Waals surface area contributed by atoms with Gasteiger partial charge in [-0.15, -0.1) is 0 Å². The summed E-state index contributed by atoms with van der Waals surface area (Å²) >= 11 is 0. The first-order chi connectivity index (χ1) is 18.2. The molecule has 7 heteroatoms. The fourth-order valence-corrected chi connectivity index (χ4v) is 5.28. The molecule has 0 saturated heterocycles. The minimum Gasteiger partial charge on any atom is -0.493 e. The van der Waals surface area contributed by atoms with Crippen molar-refractivity contribution < 1.29 is 9.47 Å².